The summed E-state index contributed by atoms with van der Waals surface area (Å²) in [4.78, 5) is 2.18. The molecule has 0 saturated carbocycles. The van der Waals surface area contributed by atoms with Crippen LogP contribution in [0, 0.1) is 0 Å². The van der Waals surface area contributed by atoms with Gasteiger partial charge in [-0.1, -0.05) is 18.2 Å². The monoisotopic (exact) mass is 286 g/mol. The molecule has 1 N–H and O–H groups in total. The van der Waals surface area contributed by atoms with Crippen molar-refractivity contribution in [2.24, 2.45) is 0 Å². The molecule has 20 heavy (non-hydrogen) atoms. The van der Waals surface area contributed by atoms with Crippen molar-refractivity contribution in [1.29, 1.82) is 0 Å². The quantitative estimate of drug-likeness (QED) is 0.861. The lowest BCUT2D eigenvalue weighted by molar-refractivity contribution is -0.274. The zero-order chi connectivity index (χ0) is 14.6. The SMILES string of the molecule is C=C[C@H](c1cccc(OC(F)(F)F)c1)N1CCNCC1. The number of rotatable bonds is 4. The second-order valence-electron chi connectivity index (χ2n) is 4.59. The van der Waals surface area contributed by atoms with E-state index in [2.05, 4.69) is 21.5 Å². The molecule has 1 aromatic rings. The van der Waals surface area contributed by atoms with Gasteiger partial charge in [0.15, 0.2) is 0 Å². The number of alkyl halides is 3. The van der Waals surface area contributed by atoms with E-state index in [-0.39, 0.29) is 11.8 Å². The molecule has 6 heteroatoms. The first-order chi connectivity index (χ1) is 9.49. The second-order valence-corrected chi connectivity index (χ2v) is 4.59. The number of nitrogens with zero attached hydrogens (tertiary/aromatic N) is 1. The molecule has 1 aliphatic rings. The van der Waals surface area contributed by atoms with E-state index in [1.54, 1.807) is 18.2 Å². The maximum absolute atomic E-state index is 12.2. The molecule has 1 saturated heterocycles. The van der Waals surface area contributed by atoms with E-state index in [9.17, 15) is 13.2 Å². The van der Waals surface area contributed by atoms with Gasteiger partial charge in [-0.05, 0) is 17.7 Å². The molecular formula is C14H17F3N2O. The first-order valence-corrected chi connectivity index (χ1v) is 6.42. The van der Waals surface area contributed by atoms with Crippen LogP contribution in [0.1, 0.15) is 11.6 Å². The Morgan fingerprint density at radius 3 is 2.60 bits per heavy atom. The minimum absolute atomic E-state index is 0.103. The highest BCUT2D eigenvalue weighted by Gasteiger charge is 2.31. The van der Waals surface area contributed by atoms with Crippen LogP contribution in [0.15, 0.2) is 36.9 Å². The largest absolute Gasteiger partial charge is 0.573 e. The number of halogens is 3. The lowest BCUT2D eigenvalue weighted by Crippen LogP contribution is -2.44. The Balaban J connectivity index is 2.17. The minimum Gasteiger partial charge on any atom is -0.406 e. The van der Waals surface area contributed by atoms with E-state index in [0.717, 1.165) is 31.7 Å². The molecule has 0 aromatic heterocycles. The summed E-state index contributed by atoms with van der Waals surface area (Å²) in [6.45, 7) is 7.19. The van der Waals surface area contributed by atoms with E-state index in [0.29, 0.717) is 0 Å². The van der Waals surface area contributed by atoms with E-state index in [1.807, 2.05) is 0 Å². The third-order valence-electron chi connectivity index (χ3n) is 3.20. The van der Waals surface area contributed by atoms with Crippen molar-refractivity contribution in [3.05, 3.63) is 42.5 Å². The van der Waals surface area contributed by atoms with Crippen LogP contribution in [0.2, 0.25) is 0 Å². The molecule has 1 aromatic carbocycles. The van der Waals surface area contributed by atoms with Gasteiger partial charge in [-0.25, -0.2) is 0 Å². The summed E-state index contributed by atoms with van der Waals surface area (Å²) >= 11 is 0. The predicted molar refractivity (Wildman–Crippen MR) is 70.5 cm³/mol. The van der Waals surface area contributed by atoms with E-state index >= 15 is 0 Å². The highest BCUT2D eigenvalue weighted by molar-refractivity contribution is 5.32. The number of ether oxygens (including phenoxy) is 1. The number of piperazine rings is 1. The summed E-state index contributed by atoms with van der Waals surface area (Å²) in [7, 11) is 0. The van der Waals surface area contributed by atoms with Crippen LogP contribution in [0.5, 0.6) is 5.75 Å². The van der Waals surface area contributed by atoms with Crippen molar-refractivity contribution in [2.75, 3.05) is 26.2 Å². The summed E-state index contributed by atoms with van der Waals surface area (Å²) < 4.78 is 40.7. The molecule has 3 nitrogen and oxygen atoms in total. The highest BCUT2D eigenvalue weighted by atomic mass is 19.4. The van der Waals surface area contributed by atoms with Gasteiger partial charge in [0.05, 0.1) is 6.04 Å². The van der Waals surface area contributed by atoms with Crippen LogP contribution in [0.4, 0.5) is 13.2 Å². The molecule has 0 aliphatic carbocycles. The summed E-state index contributed by atoms with van der Waals surface area (Å²) in [5, 5.41) is 3.24. The van der Waals surface area contributed by atoms with Crippen molar-refractivity contribution in [3.8, 4) is 5.75 Å². The summed E-state index contributed by atoms with van der Waals surface area (Å²) in [5.41, 5.74) is 0.753. The molecule has 1 aliphatic heterocycles. The summed E-state index contributed by atoms with van der Waals surface area (Å²) in [5.74, 6) is -0.197. The Hall–Kier alpha value is -1.53. The molecule has 0 bridgehead atoms. The van der Waals surface area contributed by atoms with Crippen LogP contribution in [-0.2, 0) is 0 Å². The summed E-state index contributed by atoms with van der Waals surface area (Å²) in [6.07, 6.45) is -2.92. The molecule has 0 amide bonds. The van der Waals surface area contributed by atoms with Gasteiger partial charge in [-0.15, -0.1) is 19.8 Å². The Labute approximate surface area is 116 Å². The van der Waals surface area contributed by atoms with E-state index in [4.69, 9.17) is 0 Å². The van der Waals surface area contributed by atoms with E-state index in [1.165, 1.54) is 12.1 Å². The standard InChI is InChI=1S/C14H17F3N2O/c1-2-13(19-8-6-18-7-9-19)11-4-3-5-12(10-11)20-14(15,16)17/h2-5,10,13,18H,1,6-9H2/t13-/m1/s1. The molecule has 110 valence electrons. The predicted octanol–water partition coefficient (Wildman–Crippen LogP) is 2.72. The fraction of sp³-hybridized carbons (Fsp3) is 0.429. The molecule has 0 radical (unpaired) electrons. The second kappa shape index (κ2) is 6.28. The van der Waals surface area contributed by atoms with Gasteiger partial charge in [-0.3, -0.25) is 4.90 Å². The van der Waals surface area contributed by atoms with Gasteiger partial charge in [0, 0.05) is 26.2 Å². The smallest absolute Gasteiger partial charge is 0.406 e. The Morgan fingerprint density at radius 1 is 1.30 bits per heavy atom. The van der Waals surface area contributed by atoms with Crippen molar-refractivity contribution in [3.63, 3.8) is 0 Å². The third-order valence-corrected chi connectivity index (χ3v) is 3.20. The highest BCUT2D eigenvalue weighted by Crippen LogP contribution is 2.28. The average Bonchev–Trinajstić information content (AvgIpc) is 2.39. The number of benzene rings is 1. The van der Waals surface area contributed by atoms with Gasteiger partial charge in [0.25, 0.3) is 0 Å². The molecule has 0 spiro atoms. The van der Waals surface area contributed by atoms with Crippen LogP contribution in [0.25, 0.3) is 0 Å². The van der Waals surface area contributed by atoms with Gasteiger partial charge >= 0.3 is 6.36 Å². The normalized spacial score (nSPS) is 18.6. The van der Waals surface area contributed by atoms with Gasteiger partial charge in [0.2, 0.25) is 0 Å². The fourth-order valence-corrected chi connectivity index (χ4v) is 2.35. The minimum atomic E-state index is -4.67. The third kappa shape index (κ3) is 3.98. The fourth-order valence-electron chi connectivity index (χ4n) is 2.35. The first kappa shape index (κ1) is 14.9. The molecule has 0 unspecified atom stereocenters. The number of hydrogen-bond acceptors (Lipinski definition) is 3. The van der Waals surface area contributed by atoms with Crippen LogP contribution in [-0.4, -0.2) is 37.4 Å². The molecule has 2 rings (SSSR count). The number of nitrogens with one attached hydrogen (secondary N) is 1. The maximum Gasteiger partial charge on any atom is 0.573 e. The topological polar surface area (TPSA) is 24.5 Å². The first-order valence-electron chi connectivity index (χ1n) is 6.42. The van der Waals surface area contributed by atoms with E-state index < -0.39 is 6.36 Å². The molecule has 1 heterocycles. The molecule has 1 atom stereocenters. The van der Waals surface area contributed by atoms with Crippen LogP contribution >= 0.6 is 0 Å². The lowest BCUT2D eigenvalue weighted by atomic mass is 10.0. The van der Waals surface area contributed by atoms with Crippen molar-refractivity contribution in [1.82, 2.24) is 10.2 Å². The Bertz CT molecular complexity index is 456. The lowest BCUT2D eigenvalue weighted by Gasteiger charge is -2.33. The van der Waals surface area contributed by atoms with Gasteiger partial charge in [0.1, 0.15) is 5.75 Å². The molecule has 1 fully saturated rings. The van der Waals surface area contributed by atoms with Gasteiger partial charge < -0.3 is 10.1 Å². The van der Waals surface area contributed by atoms with Crippen molar-refractivity contribution in [2.45, 2.75) is 12.4 Å². The van der Waals surface area contributed by atoms with Gasteiger partial charge in [-0.2, -0.15) is 0 Å². The average molecular weight is 286 g/mol. The van der Waals surface area contributed by atoms with Crippen LogP contribution in [0.3, 0.4) is 0 Å². The maximum atomic E-state index is 12.2. The zero-order valence-corrected chi connectivity index (χ0v) is 11.0. The van der Waals surface area contributed by atoms with Crippen LogP contribution < -0.4 is 10.1 Å². The number of hydrogen-bond donors (Lipinski definition) is 1. The van der Waals surface area contributed by atoms with Crippen molar-refractivity contribution >= 4 is 0 Å². The Kier molecular flexibility index (Phi) is 4.67. The molecular weight excluding hydrogens is 269 g/mol. The zero-order valence-electron chi connectivity index (χ0n) is 11.0. The summed E-state index contributed by atoms with van der Waals surface area (Å²) in [6, 6.07) is 5.97. The Morgan fingerprint density at radius 2 is 2.00 bits per heavy atom. The van der Waals surface area contributed by atoms with Crippen molar-refractivity contribution < 1.29 is 17.9 Å².